The first-order chi connectivity index (χ1) is 27.6. The van der Waals surface area contributed by atoms with Crippen LogP contribution in [0.25, 0.3) is 44.3 Å². The molecule has 0 fully saturated rings. The van der Waals surface area contributed by atoms with Gasteiger partial charge in [0.2, 0.25) is 0 Å². The van der Waals surface area contributed by atoms with Gasteiger partial charge >= 0.3 is 0 Å². The Kier molecular flexibility index (Phi) is 19.0. The highest BCUT2D eigenvalue weighted by Crippen LogP contribution is 2.25. The van der Waals surface area contributed by atoms with Crippen LogP contribution in [-0.4, -0.2) is 9.97 Å². The second kappa shape index (κ2) is 24.7. The van der Waals surface area contributed by atoms with Crippen molar-refractivity contribution in [2.24, 2.45) is 0 Å². The Hall–Kier alpha value is -3.92. The molecular weight excluding hydrogens is 685 g/mol. The third kappa shape index (κ3) is 14.2. The number of hydrogen-bond donors (Lipinski definition) is 2. The maximum absolute atomic E-state index is 13.4. The molecule has 0 saturated carbocycles. The van der Waals surface area contributed by atoms with Crippen LogP contribution in [0.4, 0.5) is 0 Å². The normalized spacial score (nSPS) is 11.6. The quantitative estimate of drug-likeness (QED) is 0.0394. The van der Waals surface area contributed by atoms with Gasteiger partial charge in [-0.3, -0.25) is 9.59 Å². The first-order valence-corrected chi connectivity index (χ1v) is 23.0. The van der Waals surface area contributed by atoms with Gasteiger partial charge in [-0.15, -0.1) is 0 Å². The van der Waals surface area contributed by atoms with E-state index in [0.29, 0.717) is 21.8 Å². The summed E-state index contributed by atoms with van der Waals surface area (Å²) in [6.45, 7) is 4.56. The first kappa shape index (κ1) is 43.2. The van der Waals surface area contributed by atoms with Gasteiger partial charge in [0, 0.05) is 34.3 Å². The van der Waals surface area contributed by atoms with Gasteiger partial charge in [0.25, 0.3) is 0 Å². The van der Waals surface area contributed by atoms with Crippen molar-refractivity contribution in [2.75, 3.05) is 0 Å². The summed E-state index contributed by atoms with van der Waals surface area (Å²) in [6.07, 6.45) is 34.9. The molecule has 2 heterocycles. The lowest BCUT2D eigenvalue weighted by molar-refractivity contribution is 0.544. The van der Waals surface area contributed by atoms with Crippen LogP contribution in [-0.2, 0) is 12.8 Å². The molecule has 5 aromatic rings. The zero-order valence-electron chi connectivity index (χ0n) is 35.1. The van der Waals surface area contributed by atoms with Crippen LogP contribution in [0.1, 0.15) is 179 Å². The van der Waals surface area contributed by atoms with E-state index in [1.54, 1.807) is 12.1 Å². The maximum Gasteiger partial charge on any atom is 0.190 e. The third-order valence-corrected chi connectivity index (χ3v) is 11.9. The van der Waals surface area contributed by atoms with Crippen LogP contribution >= 0.6 is 0 Å². The number of rotatable bonds is 28. The average Bonchev–Trinajstić information content (AvgIpc) is 3.21. The predicted molar refractivity (Wildman–Crippen MR) is 243 cm³/mol. The van der Waals surface area contributed by atoms with Crippen molar-refractivity contribution in [2.45, 2.75) is 181 Å². The molecule has 3 aromatic carbocycles. The second-order valence-electron chi connectivity index (χ2n) is 16.7. The van der Waals surface area contributed by atoms with Gasteiger partial charge in [-0.25, -0.2) is 0 Å². The number of fused-ring (bicyclic) bond motifs is 2. The minimum atomic E-state index is -0.0513. The van der Waals surface area contributed by atoms with Gasteiger partial charge in [-0.1, -0.05) is 204 Å². The highest BCUT2D eigenvalue weighted by Gasteiger charge is 2.11. The summed E-state index contributed by atoms with van der Waals surface area (Å²) in [5.41, 5.74) is 7.45. The molecular formula is C52H72N2O2. The van der Waals surface area contributed by atoms with E-state index in [-0.39, 0.29) is 10.9 Å². The minimum absolute atomic E-state index is 0.0513. The summed E-state index contributed by atoms with van der Waals surface area (Å²) in [6, 6.07) is 24.2. The Bertz CT molecular complexity index is 1820. The molecule has 0 aliphatic heterocycles. The Morgan fingerprint density at radius 2 is 0.643 bits per heavy atom. The Morgan fingerprint density at radius 3 is 0.946 bits per heavy atom. The third-order valence-electron chi connectivity index (χ3n) is 11.9. The van der Waals surface area contributed by atoms with E-state index >= 15 is 0 Å². The smallest absolute Gasteiger partial charge is 0.190 e. The molecule has 0 aliphatic rings. The molecule has 2 N–H and O–H groups in total. The number of nitrogens with one attached hydrogen (secondary N) is 2. The molecule has 0 saturated heterocycles. The van der Waals surface area contributed by atoms with Crippen LogP contribution in [0.15, 0.2) is 82.4 Å². The Balaban J connectivity index is 1.08. The van der Waals surface area contributed by atoms with Gasteiger partial charge in [-0.05, 0) is 60.1 Å². The second-order valence-corrected chi connectivity index (χ2v) is 16.7. The van der Waals surface area contributed by atoms with Gasteiger partial charge in [0.1, 0.15) is 0 Å². The van der Waals surface area contributed by atoms with Crippen molar-refractivity contribution >= 4 is 21.8 Å². The van der Waals surface area contributed by atoms with Crippen molar-refractivity contribution in [1.82, 2.24) is 9.97 Å². The number of aromatic nitrogens is 2. The highest BCUT2D eigenvalue weighted by molar-refractivity contribution is 5.96. The zero-order valence-corrected chi connectivity index (χ0v) is 35.1. The minimum Gasteiger partial charge on any atom is -0.354 e. The number of unbranched alkanes of at least 4 members (excludes halogenated alkanes) is 22. The molecule has 56 heavy (non-hydrogen) atoms. The van der Waals surface area contributed by atoms with Crippen molar-refractivity contribution in [1.29, 1.82) is 0 Å². The molecule has 0 amide bonds. The number of pyridine rings is 2. The van der Waals surface area contributed by atoms with E-state index in [1.165, 1.54) is 165 Å². The first-order valence-electron chi connectivity index (χ1n) is 23.0. The van der Waals surface area contributed by atoms with Crippen molar-refractivity contribution in [3.63, 3.8) is 0 Å². The molecule has 4 nitrogen and oxygen atoms in total. The number of aromatic amines is 2. The number of aryl methyl sites for hydroxylation is 2. The standard InChI is InChI=1S/C52H72N2O2/c1-3-5-7-9-11-13-15-17-19-21-23-25-27-41-29-33-43(34-30-41)47-39-51(55)45-38-50-46(37-49(45)53-47)52(56)40-48(54-50)44-35-31-42(32-36-44)28-26-24-22-20-18-16-14-12-10-8-6-4-2/h29-40H,3-28H2,1-2H3,(H,53,55)(H,54,56). The van der Waals surface area contributed by atoms with Crippen LogP contribution in [0, 0.1) is 0 Å². The van der Waals surface area contributed by atoms with Gasteiger partial charge in [0.15, 0.2) is 10.9 Å². The fourth-order valence-electron chi connectivity index (χ4n) is 8.35. The Labute approximate surface area is 338 Å². The summed E-state index contributed by atoms with van der Waals surface area (Å²) in [5.74, 6) is 0. The van der Waals surface area contributed by atoms with E-state index in [9.17, 15) is 9.59 Å². The van der Waals surface area contributed by atoms with E-state index in [2.05, 4.69) is 72.3 Å². The van der Waals surface area contributed by atoms with Gasteiger partial charge in [-0.2, -0.15) is 0 Å². The van der Waals surface area contributed by atoms with E-state index in [4.69, 9.17) is 0 Å². The molecule has 4 heteroatoms. The van der Waals surface area contributed by atoms with E-state index in [0.717, 1.165) is 35.4 Å². The lowest BCUT2D eigenvalue weighted by Gasteiger charge is -2.10. The molecule has 2 aromatic heterocycles. The monoisotopic (exact) mass is 757 g/mol. The summed E-state index contributed by atoms with van der Waals surface area (Å²) in [4.78, 5) is 33.7. The molecule has 0 aliphatic carbocycles. The topological polar surface area (TPSA) is 65.7 Å². The molecule has 5 rings (SSSR count). The summed E-state index contributed by atoms with van der Waals surface area (Å²) < 4.78 is 0. The predicted octanol–water partition coefficient (Wildman–Crippen LogP) is 15.2. The summed E-state index contributed by atoms with van der Waals surface area (Å²) in [7, 11) is 0. The van der Waals surface area contributed by atoms with Crippen LogP contribution in [0.3, 0.4) is 0 Å². The lowest BCUT2D eigenvalue weighted by atomic mass is 10.0. The lowest BCUT2D eigenvalue weighted by Crippen LogP contribution is -2.07. The summed E-state index contributed by atoms with van der Waals surface area (Å²) in [5, 5.41) is 1.16. The largest absolute Gasteiger partial charge is 0.354 e. The maximum atomic E-state index is 13.4. The molecule has 0 unspecified atom stereocenters. The fourth-order valence-corrected chi connectivity index (χ4v) is 8.35. The van der Waals surface area contributed by atoms with Crippen LogP contribution in [0.2, 0.25) is 0 Å². The molecule has 0 atom stereocenters. The zero-order chi connectivity index (χ0) is 39.2. The molecule has 302 valence electrons. The van der Waals surface area contributed by atoms with E-state index < -0.39 is 0 Å². The van der Waals surface area contributed by atoms with Crippen LogP contribution in [0.5, 0.6) is 0 Å². The SMILES string of the molecule is CCCCCCCCCCCCCCc1ccc(-c2cc(=O)c3cc4[nH]c(-c5ccc(CCCCCCCCCCCCCC)cc5)cc(=O)c4cc3[nH]2)cc1. The van der Waals surface area contributed by atoms with Gasteiger partial charge in [0.05, 0.1) is 11.0 Å². The van der Waals surface area contributed by atoms with Crippen molar-refractivity contribution in [3.8, 4) is 22.5 Å². The Morgan fingerprint density at radius 1 is 0.357 bits per heavy atom. The molecule has 0 spiro atoms. The number of H-pyrrole nitrogens is 2. The number of benzene rings is 3. The van der Waals surface area contributed by atoms with Crippen molar-refractivity contribution in [3.05, 3.63) is 104 Å². The van der Waals surface area contributed by atoms with Crippen molar-refractivity contribution < 1.29 is 0 Å². The van der Waals surface area contributed by atoms with Crippen LogP contribution < -0.4 is 10.9 Å². The molecule has 0 radical (unpaired) electrons. The molecule has 0 bridgehead atoms. The summed E-state index contributed by atoms with van der Waals surface area (Å²) >= 11 is 0. The highest BCUT2D eigenvalue weighted by atomic mass is 16.1. The average molecular weight is 757 g/mol. The number of hydrogen-bond acceptors (Lipinski definition) is 2. The fraction of sp³-hybridized carbons (Fsp3) is 0.538. The van der Waals surface area contributed by atoms with Gasteiger partial charge < -0.3 is 9.97 Å². The van der Waals surface area contributed by atoms with E-state index in [1.807, 2.05) is 12.1 Å².